The molecule has 2 N–H and O–H groups in total. The highest BCUT2D eigenvalue weighted by Gasteiger charge is 2.22. The topological polar surface area (TPSA) is 61.0 Å². The molecule has 0 aliphatic heterocycles. The van der Waals surface area contributed by atoms with E-state index in [-0.39, 0.29) is 6.10 Å². The van der Waals surface area contributed by atoms with Crippen molar-refractivity contribution in [2.75, 3.05) is 12.3 Å². The van der Waals surface area contributed by atoms with E-state index in [0.29, 0.717) is 30.1 Å². The number of nitrogens with two attached hydrogens (primary N) is 1. The molecule has 1 heterocycles. The van der Waals surface area contributed by atoms with Crippen molar-refractivity contribution >= 4 is 5.82 Å². The highest BCUT2D eigenvalue weighted by atomic mass is 16.5. The van der Waals surface area contributed by atoms with Gasteiger partial charge in [-0.3, -0.25) is 0 Å². The second kappa shape index (κ2) is 6.14. The fourth-order valence-corrected chi connectivity index (χ4v) is 2.21. The van der Waals surface area contributed by atoms with Gasteiger partial charge in [-0.1, -0.05) is 27.7 Å². The third-order valence-electron chi connectivity index (χ3n) is 2.97. The van der Waals surface area contributed by atoms with Crippen LogP contribution in [-0.4, -0.2) is 16.6 Å². The molecule has 0 radical (unpaired) electrons. The molecule has 1 rings (SSSR count). The van der Waals surface area contributed by atoms with Gasteiger partial charge in [0, 0.05) is 17.9 Å². The first-order valence-corrected chi connectivity index (χ1v) is 6.63. The summed E-state index contributed by atoms with van der Waals surface area (Å²) in [5.41, 5.74) is 8.05. The van der Waals surface area contributed by atoms with Gasteiger partial charge in [0.05, 0.1) is 0 Å². The standard InChI is InChI=1S/C14H25N3O/c1-7-18-12(9(4)5)14-16-10(6)11(8(2)3)13(15)17-14/h8-9,12H,7H2,1-6H3,(H2,15,16,17). The van der Waals surface area contributed by atoms with Crippen LogP contribution in [0.2, 0.25) is 0 Å². The fourth-order valence-electron chi connectivity index (χ4n) is 2.21. The zero-order valence-electron chi connectivity index (χ0n) is 12.3. The molecule has 18 heavy (non-hydrogen) atoms. The lowest BCUT2D eigenvalue weighted by Gasteiger charge is -2.21. The number of aryl methyl sites for hydroxylation is 1. The molecule has 0 aliphatic carbocycles. The lowest BCUT2D eigenvalue weighted by Crippen LogP contribution is -2.17. The summed E-state index contributed by atoms with van der Waals surface area (Å²) in [5, 5.41) is 0. The predicted molar refractivity (Wildman–Crippen MR) is 74.5 cm³/mol. The van der Waals surface area contributed by atoms with Crippen LogP contribution in [0.3, 0.4) is 0 Å². The lowest BCUT2D eigenvalue weighted by molar-refractivity contribution is 0.0231. The molecule has 4 heteroatoms. The molecule has 1 aromatic heterocycles. The lowest BCUT2D eigenvalue weighted by atomic mass is 10.0. The van der Waals surface area contributed by atoms with Crippen molar-refractivity contribution in [1.82, 2.24) is 9.97 Å². The Balaban J connectivity index is 3.18. The van der Waals surface area contributed by atoms with E-state index in [1.165, 1.54) is 0 Å². The largest absolute Gasteiger partial charge is 0.383 e. The van der Waals surface area contributed by atoms with E-state index in [0.717, 1.165) is 11.3 Å². The van der Waals surface area contributed by atoms with Gasteiger partial charge in [0.2, 0.25) is 0 Å². The number of nitrogens with zero attached hydrogens (tertiary/aromatic N) is 2. The van der Waals surface area contributed by atoms with Crippen LogP contribution in [0.5, 0.6) is 0 Å². The van der Waals surface area contributed by atoms with Gasteiger partial charge >= 0.3 is 0 Å². The van der Waals surface area contributed by atoms with E-state index in [4.69, 9.17) is 10.5 Å². The SMILES string of the molecule is CCOC(c1nc(C)c(C(C)C)c(N)n1)C(C)C. The Morgan fingerprint density at radius 1 is 1.17 bits per heavy atom. The van der Waals surface area contributed by atoms with Crippen molar-refractivity contribution in [3.8, 4) is 0 Å². The Morgan fingerprint density at radius 3 is 2.17 bits per heavy atom. The van der Waals surface area contributed by atoms with Crippen molar-refractivity contribution in [2.45, 2.75) is 53.6 Å². The molecule has 102 valence electrons. The number of nitrogen functional groups attached to an aromatic ring is 1. The molecule has 4 nitrogen and oxygen atoms in total. The van der Waals surface area contributed by atoms with Crippen molar-refractivity contribution in [2.24, 2.45) is 5.92 Å². The summed E-state index contributed by atoms with van der Waals surface area (Å²) in [4.78, 5) is 9.02. The minimum atomic E-state index is -0.0859. The Bertz CT molecular complexity index is 379. The number of hydrogen-bond acceptors (Lipinski definition) is 4. The van der Waals surface area contributed by atoms with Crippen LogP contribution in [0.1, 0.15) is 63.7 Å². The normalized spacial score (nSPS) is 13.3. The van der Waals surface area contributed by atoms with E-state index in [9.17, 15) is 0 Å². The van der Waals surface area contributed by atoms with Crippen molar-refractivity contribution in [3.63, 3.8) is 0 Å². The van der Waals surface area contributed by atoms with Gasteiger partial charge in [-0.05, 0) is 25.7 Å². The first kappa shape index (κ1) is 14.9. The maximum absolute atomic E-state index is 6.05. The number of rotatable bonds is 5. The number of ether oxygens (including phenoxy) is 1. The zero-order chi connectivity index (χ0) is 13.9. The van der Waals surface area contributed by atoms with E-state index in [2.05, 4.69) is 37.7 Å². The van der Waals surface area contributed by atoms with Crippen molar-refractivity contribution in [3.05, 3.63) is 17.1 Å². The minimum Gasteiger partial charge on any atom is -0.383 e. The van der Waals surface area contributed by atoms with Crippen LogP contribution in [0, 0.1) is 12.8 Å². The third kappa shape index (κ3) is 3.19. The smallest absolute Gasteiger partial charge is 0.159 e. The monoisotopic (exact) mass is 251 g/mol. The molecule has 0 spiro atoms. The summed E-state index contributed by atoms with van der Waals surface area (Å²) in [7, 11) is 0. The summed E-state index contributed by atoms with van der Waals surface area (Å²) in [6.45, 7) is 13.0. The molecule has 1 unspecified atom stereocenters. The average Bonchev–Trinajstić information content (AvgIpc) is 2.23. The van der Waals surface area contributed by atoms with Crippen molar-refractivity contribution < 1.29 is 4.74 Å². The number of anilines is 1. The molecule has 0 aromatic carbocycles. The maximum atomic E-state index is 6.05. The number of hydrogen-bond donors (Lipinski definition) is 1. The zero-order valence-corrected chi connectivity index (χ0v) is 12.3. The molecule has 1 aromatic rings. The van der Waals surface area contributed by atoms with Crippen LogP contribution in [0.25, 0.3) is 0 Å². The molecular weight excluding hydrogens is 226 g/mol. The van der Waals surface area contributed by atoms with Crippen molar-refractivity contribution in [1.29, 1.82) is 0 Å². The minimum absolute atomic E-state index is 0.0859. The van der Waals surface area contributed by atoms with Crippen LogP contribution >= 0.6 is 0 Å². The molecule has 0 fully saturated rings. The summed E-state index contributed by atoms with van der Waals surface area (Å²) in [6.07, 6.45) is -0.0859. The van der Waals surface area contributed by atoms with Crippen LogP contribution in [0.15, 0.2) is 0 Å². The quantitative estimate of drug-likeness (QED) is 0.872. The molecule has 0 aliphatic rings. The summed E-state index contributed by atoms with van der Waals surface area (Å²) >= 11 is 0. The fraction of sp³-hybridized carbons (Fsp3) is 0.714. The van der Waals surface area contributed by atoms with E-state index < -0.39 is 0 Å². The maximum Gasteiger partial charge on any atom is 0.159 e. The van der Waals surface area contributed by atoms with E-state index in [1.807, 2.05) is 13.8 Å². The van der Waals surface area contributed by atoms with E-state index in [1.54, 1.807) is 0 Å². The van der Waals surface area contributed by atoms with E-state index >= 15 is 0 Å². The van der Waals surface area contributed by atoms with Gasteiger partial charge in [-0.2, -0.15) is 0 Å². The molecule has 0 bridgehead atoms. The summed E-state index contributed by atoms with van der Waals surface area (Å²) in [5.74, 6) is 1.95. The Labute approximate surface area is 110 Å². The summed E-state index contributed by atoms with van der Waals surface area (Å²) < 4.78 is 5.72. The van der Waals surface area contributed by atoms with Gasteiger partial charge in [0.25, 0.3) is 0 Å². The van der Waals surface area contributed by atoms with Gasteiger partial charge in [0.1, 0.15) is 11.9 Å². The molecular formula is C14H25N3O. The van der Waals surface area contributed by atoms with Gasteiger partial charge in [-0.15, -0.1) is 0 Å². The highest BCUT2D eigenvalue weighted by molar-refractivity contribution is 5.44. The molecule has 0 saturated heterocycles. The first-order valence-electron chi connectivity index (χ1n) is 6.63. The second-order valence-corrected chi connectivity index (χ2v) is 5.24. The third-order valence-corrected chi connectivity index (χ3v) is 2.97. The van der Waals surface area contributed by atoms with Crippen LogP contribution < -0.4 is 5.73 Å². The number of aromatic nitrogens is 2. The Morgan fingerprint density at radius 2 is 1.78 bits per heavy atom. The van der Waals surface area contributed by atoms with Crippen LogP contribution in [0.4, 0.5) is 5.82 Å². The van der Waals surface area contributed by atoms with Gasteiger partial charge < -0.3 is 10.5 Å². The molecule has 0 saturated carbocycles. The second-order valence-electron chi connectivity index (χ2n) is 5.24. The Hall–Kier alpha value is -1.16. The molecule has 0 amide bonds. The van der Waals surface area contributed by atoms with Crippen LogP contribution in [-0.2, 0) is 4.74 Å². The molecule has 1 atom stereocenters. The summed E-state index contributed by atoms with van der Waals surface area (Å²) in [6, 6.07) is 0. The van der Waals surface area contributed by atoms with Gasteiger partial charge in [0.15, 0.2) is 5.82 Å². The van der Waals surface area contributed by atoms with Gasteiger partial charge in [-0.25, -0.2) is 9.97 Å². The highest BCUT2D eigenvalue weighted by Crippen LogP contribution is 2.28. The predicted octanol–water partition coefficient (Wildman–Crippen LogP) is 3.22. The first-order chi connectivity index (χ1) is 8.38. The Kier molecular flexibility index (Phi) is 5.08. The average molecular weight is 251 g/mol.